The fourth-order valence-corrected chi connectivity index (χ4v) is 3.29. The Hall–Kier alpha value is -2.22. The lowest BCUT2D eigenvalue weighted by atomic mass is 10.2. The largest absolute Gasteiger partial charge is 0.486 e. The van der Waals surface area contributed by atoms with Gasteiger partial charge in [-0.05, 0) is 19.1 Å². The molecule has 2 heterocycles. The fraction of sp³-hybridized carbons (Fsp3) is 0.438. The highest BCUT2D eigenvalue weighted by Crippen LogP contribution is 2.31. The second kappa shape index (κ2) is 7.57. The number of fused-ring (bicyclic) bond motifs is 1. The molecule has 8 heteroatoms. The van der Waals surface area contributed by atoms with E-state index in [4.69, 9.17) is 9.47 Å². The summed E-state index contributed by atoms with van der Waals surface area (Å²) >= 11 is 1.39. The van der Waals surface area contributed by atoms with Crippen LogP contribution < -0.4 is 9.47 Å². The van der Waals surface area contributed by atoms with Crippen LogP contribution >= 0.6 is 11.8 Å². The number of amides is 1. The Morgan fingerprint density at radius 2 is 2.21 bits per heavy atom. The first-order chi connectivity index (χ1) is 11.7. The number of benzene rings is 1. The maximum absolute atomic E-state index is 12.3. The summed E-state index contributed by atoms with van der Waals surface area (Å²) in [5, 5.41) is 8.64. The van der Waals surface area contributed by atoms with Crippen LogP contribution in [-0.2, 0) is 11.3 Å². The number of rotatable bonds is 6. The zero-order valence-corrected chi connectivity index (χ0v) is 14.5. The van der Waals surface area contributed by atoms with Crippen LogP contribution in [0.2, 0.25) is 0 Å². The third kappa shape index (κ3) is 3.81. The molecule has 1 atom stereocenters. The third-order valence-corrected chi connectivity index (χ3v) is 4.68. The molecular formula is C16H20N4O3S. The maximum atomic E-state index is 12.3. The molecule has 3 rings (SSSR count). The Morgan fingerprint density at radius 1 is 1.42 bits per heavy atom. The molecule has 24 heavy (non-hydrogen) atoms. The van der Waals surface area contributed by atoms with Gasteiger partial charge < -0.3 is 18.9 Å². The molecule has 0 N–H and O–H groups in total. The summed E-state index contributed by atoms with van der Waals surface area (Å²) in [6.07, 6.45) is 1.50. The Bertz CT molecular complexity index is 706. The second-order valence-corrected chi connectivity index (χ2v) is 6.40. The van der Waals surface area contributed by atoms with Crippen molar-refractivity contribution in [2.75, 3.05) is 26.0 Å². The van der Waals surface area contributed by atoms with Gasteiger partial charge in [0.1, 0.15) is 12.9 Å². The van der Waals surface area contributed by atoms with Crippen LogP contribution in [0.3, 0.4) is 0 Å². The quantitative estimate of drug-likeness (QED) is 0.740. The van der Waals surface area contributed by atoms with Gasteiger partial charge in [0.15, 0.2) is 22.8 Å². The molecule has 0 fully saturated rings. The summed E-state index contributed by atoms with van der Waals surface area (Å²) in [6, 6.07) is 7.56. The van der Waals surface area contributed by atoms with Crippen LogP contribution in [0.5, 0.6) is 11.5 Å². The summed E-state index contributed by atoms with van der Waals surface area (Å²) < 4.78 is 13.5. The minimum absolute atomic E-state index is 0.0214. The van der Waals surface area contributed by atoms with Crippen molar-refractivity contribution < 1.29 is 14.3 Å². The number of nitrogens with zero attached hydrogens (tertiary/aromatic N) is 4. The fourth-order valence-electron chi connectivity index (χ4n) is 2.37. The van der Waals surface area contributed by atoms with E-state index in [1.165, 1.54) is 11.8 Å². The van der Waals surface area contributed by atoms with Gasteiger partial charge in [-0.1, -0.05) is 23.9 Å². The second-order valence-electron chi connectivity index (χ2n) is 5.46. The number of hydrogen-bond donors (Lipinski definition) is 0. The number of ether oxygens (including phenoxy) is 2. The number of carbonyl (C=O) groups excluding carboxylic acids is 1. The van der Waals surface area contributed by atoms with Gasteiger partial charge in [-0.25, -0.2) is 0 Å². The van der Waals surface area contributed by atoms with E-state index in [0.717, 1.165) is 23.2 Å². The molecule has 2 aromatic rings. The van der Waals surface area contributed by atoms with Gasteiger partial charge in [0.05, 0.1) is 12.3 Å². The molecule has 7 nitrogen and oxygen atoms in total. The lowest BCUT2D eigenvalue weighted by Crippen LogP contribution is -2.42. The number of thioether (sulfide) groups is 1. The van der Waals surface area contributed by atoms with Crippen molar-refractivity contribution >= 4 is 17.7 Å². The van der Waals surface area contributed by atoms with Crippen molar-refractivity contribution in [3.63, 3.8) is 0 Å². The molecule has 1 aromatic carbocycles. The molecular weight excluding hydrogens is 328 g/mol. The van der Waals surface area contributed by atoms with E-state index >= 15 is 0 Å². The standard InChI is InChI=1S/C16H20N4O3S/c1-3-20-11-17-18-16(20)24-10-15(21)19(2)8-12-9-22-13-6-4-5-7-14(13)23-12/h4-7,11-12H,3,8-10H2,1-2H3/t12-/m1/s1. The molecule has 0 spiro atoms. The van der Waals surface area contributed by atoms with Gasteiger partial charge in [-0.2, -0.15) is 0 Å². The van der Waals surface area contributed by atoms with Gasteiger partial charge in [0.25, 0.3) is 0 Å². The molecule has 0 unspecified atom stereocenters. The first-order valence-electron chi connectivity index (χ1n) is 7.80. The monoisotopic (exact) mass is 348 g/mol. The van der Waals surface area contributed by atoms with Crippen LogP contribution in [0.4, 0.5) is 0 Å². The minimum Gasteiger partial charge on any atom is -0.486 e. The number of hydrogen-bond acceptors (Lipinski definition) is 6. The van der Waals surface area contributed by atoms with Crippen molar-refractivity contribution in [1.29, 1.82) is 0 Å². The summed E-state index contributed by atoms with van der Waals surface area (Å²) in [5.41, 5.74) is 0. The number of likely N-dealkylation sites (N-methyl/N-ethyl adjacent to an activating group) is 1. The Morgan fingerprint density at radius 3 is 3.00 bits per heavy atom. The zero-order chi connectivity index (χ0) is 16.9. The SMILES string of the molecule is CCn1cnnc1SCC(=O)N(C)C[C@@H]1COc2ccccc2O1. The zero-order valence-electron chi connectivity index (χ0n) is 13.7. The molecule has 1 amide bonds. The number of aryl methyl sites for hydroxylation is 1. The van der Waals surface area contributed by atoms with Gasteiger partial charge in [-0.3, -0.25) is 4.79 Å². The van der Waals surface area contributed by atoms with Crippen molar-refractivity contribution in [1.82, 2.24) is 19.7 Å². The van der Waals surface area contributed by atoms with E-state index in [0.29, 0.717) is 18.9 Å². The lowest BCUT2D eigenvalue weighted by Gasteiger charge is -2.29. The van der Waals surface area contributed by atoms with Crippen molar-refractivity contribution in [3.05, 3.63) is 30.6 Å². The van der Waals surface area contributed by atoms with Gasteiger partial charge in [-0.15, -0.1) is 10.2 Å². The van der Waals surface area contributed by atoms with Crippen molar-refractivity contribution in [2.24, 2.45) is 0 Å². The van der Waals surface area contributed by atoms with E-state index in [1.807, 2.05) is 35.8 Å². The maximum Gasteiger partial charge on any atom is 0.232 e. The number of aromatic nitrogens is 3. The van der Waals surface area contributed by atoms with Crippen LogP contribution in [0.1, 0.15) is 6.92 Å². The molecule has 0 radical (unpaired) electrons. The van der Waals surface area contributed by atoms with Gasteiger partial charge in [0.2, 0.25) is 5.91 Å². The van der Waals surface area contributed by atoms with E-state index in [9.17, 15) is 4.79 Å². The Balaban J connectivity index is 1.50. The molecule has 1 aliphatic rings. The first kappa shape index (κ1) is 16.6. The number of para-hydroxylation sites is 2. The molecule has 0 aliphatic carbocycles. The highest BCUT2D eigenvalue weighted by Gasteiger charge is 2.23. The van der Waals surface area contributed by atoms with Crippen LogP contribution in [0.15, 0.2) is 35.7 Å². The summed E-state index contributed by atoms with van der Waals surface area (Å²) in [7, 11) is 1.78. The highest BCUT2D eigenvalue weighted by molar-refractivity contribution is 7.99. The van der Waals surface area contributed by atoms with E-state index in [-0.39, 0.29) is 12.0 Å². The molecule has 0 bridgehead atoms. The molecule has 0 saturated carbocycles. The molecule has 1 aromatic heterocycles. The minimum atomic E-state index is -0.168. The average molecular weight is 348 g/mol. The first-order valence-corrected chi connectivity index (χ1v) is 8.79. The van der Waals surface area contributed by atoms with E-state index in [1.54, 1.807) is 18.3 Å². The third-order valence-electron chi connectivity index (χ3n) is 3.72. The Kier molecular flexibility index (Phi) is 5.24. The van der Waals surface area contributed by atoms with Crippen molar-refractivity contribution in [3.8, 4) is 11.5 Å². The predicted octanol–water partition coefficient (Wildman–Crippen LogP) is 1.69. The smallest absolute Gasteiger partial charge is 0.232 e. The topological polar surface area (TPSA) is 69.5 Å². The number of carbonyl (C=O) groups is 1. The van der Waals surface area contributed by atoms with Gasteiger partial charge in [0, 0.05) is 13.6 Å². The normalized spacial score (nSPS) is 16.0. The van der Waals surface area contributed by atoms with Crippen LogP contribution in [0.25, 0.3) is 0 Å². The molecule has 128 valence electrons. The molecule has 1 aliphatic heterocycles. The summed E-state index contributed by atoms with van der Waals surface area (Å²) in [5.74, 6) is 1.81. The molecule has 0 saturated heterocycles. The summed E-state index contributed by atoms with van der Waals surface area (Å²) in [4.78, 5) is 14.0. The van der Waals surface area contributed by atoms with E-state index in [2.05, 4.69) is 10.2 Å². The summed E-state index contributed by atoms with van der Waals surface area (Å²) in [6.45, 7) is 3.71. The van der Waals surface area contributed by atoms with Crippen molar-refractivity contribution in [2.45, 2.75) is 24.7 Å². The van der Waals surface area contributed by atoms with Crippen LogP contribution in [-0.4, -0.2) is 57.6 Å². The Labute approximate surface area is 145 Å². The van der Waals surface area contributed by atoms with E-state index < -0.39 is 0 Å². The lowest BCUT2D eigenvalue weighted by molar-refractivity contribution is -0.128. The van der Waals surface area contributed by atoms with Crippen LogP contribution in [0, 0.1) is 0 Å². The average Bonchev–Trinajstić information content (AvgIpc) is 3.07. The van der Waals surface area contributed by atoms with Gasteiger partial charge >= 0.3 is 0 Å². The highest BCUT2D eigenvalue weighted by atomic mass is 32.2. The predicted molar refractivity (Wildman–Crippen MR) is 90.4 cm³/mol.